The Hall–Kier alpha value is -2.19. The van der Waals surface area contributed by atoms with Crippen molar-refractivity contribution in [2.45, 2.75) is 32.2 Å². The maximum absolute atomic E-state index is 13.1. The lowest BCUT2D eigenvalue weighted by Crippen LogP contribution is -2.55. The number of anilines is 1. The number of hydrogen-bond donors (Lipinski definition) is 0. The molecule has 0 bridgehead atoms. The van der Waals surface area contributed by atoms with Gasteiger partial charge in [0.25, 0.3) is 0 Å². The van der Waals surface area contributed by atoms with Gasteiger partial charge in [-0.3, -0.25) is 19.4 Å². The molecule has 176 valence electrons. The topological polar surface area (TPSA) is 50.3 Å². The van der Waals surface area contributed by atoms with Crippen molar-refractivity contribution in [3.8, 4) is 0 Å². The molecule has 0 saturated carbocycles. The van der Waals surface area contributed by atoms with Crippen LogP contribution in [0.1, 0.15) is 26.2 Å². The monoisotopic (exact) mass is 445 g/mol. The van der Waals surface area contributed by atoms with Gasteiger partial charge in [0.15, 0.2) is 0 Å². The fourth-order valence-electron chi connectivity index (χ4n) is 5.01. The number of piperidine rings is 1. The lowest BCUT2D eigenvalue weighted by molar-refractivity contribution is -0.137. The van der Waals surface area contributed by atoms with Crippen molar-refractivity contribution in [3.63, 3.8) is 0 Å². The molecule has 1 aromatic rings. The molecule has 3 saturated heterocycles. The first kappa shape index (κ1) is 23.0. The van der Waals surface area contributed by atoms with Crippen LogP contribution in [0.2, 0.25) is 0 Å². The Morgan fingerprint density at radius 2 is 1.41 bits per heavy atom. The minimum absolute atomic E-state index is 0.176. The fourth-order valence-corrected chi connectivity index (χ4v) is 5.01. The van der Waals surface area contributed by atoms with Gasteiger partial charge in [-0.1, -0.05) is 0 Å². The molecule has 2 amide bonds. The van der Waals surface area contributed by atoms with Gasteiger partial charge < -0.3 is 14.7 Å². The summed E-state index contributed by atoms with van der Waals surface area (Å²) in [4.78, 5) is 36.1. The van der Waals surface area contributed by atoms with Gasteiger partial charge in [0.1, 0.15) is 5.82 Å². The highest BCUT2D eigenvalue weighted by atomic mass is 19.1. The molecule has 4 rings (SSSR count). The van der Waals surface area contributed by atoms with E-state index in [1.54, 1.807) is 12.1 Å². The van der Waals surface area contributed by atoms with Crippen molar-refractivity contribution >= 4 is 17.5 Å². The van der Waals surface area contributed by atoms with Crippen molar-refractivity contribution < 1.29 is 14.0 Å². The Kier molecular flexibility index (Phi) is 7.63. The molecular formula is C24H36FN5O2. The first-order valence-corrected chi connectivity index (χ1v) is 12.0. The summed E-state index contributed by atoms with van der Waals surface area (Å²) in [5, 5.41) is 0. The minimum atomic E-state index is -0.229. The fraction of sp³-hybridized carbons (Fsp3) is 0.667. The van der Waals surface area contributed by atoms with E-state index in [0.29, 0.717) is 32.2 Å². The number of likely N-dealkylation sites (tertiary alicyclic amines) is 1. The molecule has 0 aromatic heterocycles. The zero-order valence-electron chi connectivity index (χ0n) is 19.2. The summed E-state index contributed by atoms with van der Waals surface area (Å²) in [6.07, 6.45) is 3.45. The Morgan fingerprint density at radius 1 is 0.812 bits per heavy atom. The molecule has 0 radical (unpaired) electrons. The number of amides is 2. The molecule has 3 aliphatic rings. The Balaban J connectivity index is 1.16. The molecular weight excluding hydrogens is 409 g/mol. The highest BCUT2D eigenvalue weighted by Crippen LogP contribution is 2.18. The average Bonchev–Trinajstić information content (AvgIpc) is 2.81. The number of halogens is 1. The third kappa shape index (κ3) is 5.78. The molecule has 8 heteroatoms. The molecule has 0 spiro atoms. The average molecular weight is 446 g/mol. The zero-order valence-corrected chi connectivity index (χ0v) is 19.2. The van der Waals surface area contributed by atoms with Crippen molar-refractivity contribution in [1.82, 2.24) is 19.6 Å². The molecule has 32 heavy (non-hydrogen) atoms. The van der Waals surface area contributed by atoms with Gasteiger partial charge in [0, 0.05) is 70.6 Å². The van der Waals surface area contributed by atoms with Gasteiger partial charge in [-0.2, -0.15) is 0 Å². The van der Waals surface area contributed by atoms with Crippen molar-refractivity contribution in [3.05, 3.63) is 30.1 Å². The second-order valence-electron chi connectivity index (χ2n) is 9.33. The predicted molar refractivity (Wildman–Crippen MR) is 123 cm³/mol. The van der Waals surface area contributed by atoms with Crippen LogP contribution in [0.3, 0.4) is 0 Å². The summed E-state index contributed by atoms with van der Waals surface area (Å²) in [5.74, 6) is 0.198. The number of hydrogen-bond acceptors (Lipinski definition) is 5. The maximum Gasteiger partial charge on any atom is 0.236 e. The minimum Gasteiger partial charge on any atom is -0.368 e. The number of carbonyl (C=O) groups excluding carboxylic acids is 2. The van der Waals surface area contributed by atoms with Gasteiger partial charge in [-0.05, 0) is 50.5 Å². The molecule has 7 nitrogen and oxygen atoms in total. The van der Waals surface area contributed by atoms with E-state index in [1.165, 1.54) is 18.6 Å². The summed E-state index contributed by atoms with van der Waals surface area (Å²) < 4.78 is 13.1. The molecule has 0 aliphatic carbocycles. The summed E-state index contributed by atoms with van der Waals surface area (Å²) in [6.45, 7) is 10.2. The van der Waals surface area contributed by atoms with Crippen molar-refractivity contribution in [2.24, 2.45) is 0 Å². The number of nitrogens with zero attached hydrogens (tertiary/aromatic N) is 5. The van der Waals surface area contributed by atoms with Crippen LogP contribution in [0.25, 0.3) is 0 Å². The van der Waals surface area contributed by atoms with Crippen LogP contribution >= 0.6 is 0 Å². The molecule has 3 aliphatic heterocycles. The van der Waals surface area contributed by atoms with Crippen LogP contribution in [0.15, 0.2) is 24.3 Å². The first-order valence-electron chi connectivity index (χ1n) is 12.0. The highest BCUT2D eigenvalue weighted by molar-refractivity contribution is 5.79. The third-order valence-corrected chi connectivity index (χ3v) is 7.13. The first-order chi connectivity index (χ1) is 15.5. The van der Waals surface area contributed by atoms with Crippen LogP contribution in [0.4, 0.5) is 10.1 Å². The van der Waals surface area contributed by atoms with Crippen LogP contribution in [-0.4, -0.2) is 109 Å². The summed E-state index contributed by atoms with van der Waals surface area (Å²) in [7, 11) is 0. The van der Waals surface area contributed by atoms with Crippen molar-refractivity contribution in [1.29, 1.82) is 0 Å². The highest BCUT2D eigenvalue weighted by Gasteiger charge is 2.28. The van der Waals surface area contributed by atoms with Crippen molar-refractivity contribution in [2.75, 3.05) is 76.9 Å². The van der Waals surface area contributed by atoms with E-state index in [2.05, 4.69) is 21.6 Å². The lowest BCUT2D eigenvalue weighted by Gasteiger charge is -2.39. The standard InChI is InChI=1S/C24H36FN5O2/c1-20-4-2-3-9-30(20)24(32)19-27-12-10-26(11-13-27)18-23(31)29-16-14-28(15-17-29)22-7-5-21(25)6-8-22/h5-8,20H,2-4,9-19H2,1H3. The number of benzene rings is 1. The Bertz CT molecular complexity index is 773. The molecule has 1 aromatic carbocycles. The normalized spacial score (nSPS) is 23.4. The SMILES string of the molecule is CC1CCCCN1C(=O)CN1CCN(CC(=O)N2CCN(c3ccc(F)cc3)CC2)CC1. The van der Waals surface area contributed by atoms with Crippen LogP contribution in [0, 0.1) is 5.82 Å². The predicted octanol–water partition coefficient (Wildman–Crippen LogP) is 1.49. The van der Waals surface area contributed by atoms with Gasteiger partial charge in [-0.25, -0.2) is 4.39 Å². The van der Waals surface area contributed by atoms with Gasteiger partial charge >= 0.3 is 0 Å². The van der Waals surface area contributed by atoms with Crippen LogP contribution in [-0.2, 0) is 9.59 Å². The molecule has 1 atom stereocenters. The summed E-state index contributed by atoms with van der Waals surface area (Å²) in [5.41, 5.74) is 1.00. The van der Waals surface area contributed by atoms with Gasteiger partial charge in [0.2, 0.25) is 11.8 Å². The van der Waals surface area contributed by atoms with E-state index in [4.69, 9.17) is 0 Å². The summed E-state index contributed by atoms with van der Waals surface area (Å²) in [6, 6.07) is 6.91. The van der Waals surface area contributed by atoms with Gasteiger partial charge in [0.05, 0.1) is 13.1 Å². The zero-order chi connectivity index (χ0) is 22.5. The smallest absolute Gasteiger partial charge is 0.236 e. The quantitative estimate of drug-likeness (QED) is 0.688. The second kappa shape index (κ2) is 10.6. The molecule has 0 N–H and O–H groups in total. The lowest BCUT2D eigenvalue weighted by atomic mass is 10.0. The van der Waals surface area contributed by atoms with E-state index in [1.807, 2.05) is 9.80 Å². The van der Waals surface area contributed by atoms with E-state index >= 15 is 0 Å². The van der Waals surface area contributed by atoms with Crippen LogP contribution < -0.4 is 4.90 Å². The van der Waals surface area contributed by atoms with Gasteiger partial charge in [-0.15, -0.1) is 0 Å². The third-order valence-electron chi connectivity index (χ3n) is 7.13. The Labute approximate surface area is 190 Å². The van der Waals surface area contributed by atoms with E-state index in [9.17, 15) is 14.0 Å². The van der Waals surface area contributed by atoms with E-state index < -0.39 is 0 Å². The largest absolute Gasteiger partial charge is 0.368 e. The molecule has 1 unspecified atom stereocenters. The second-order valence-corrected chi connectivity index (χ2v) is 9.33. The number of piperazine rings is 2. The molecule has 3 fully saturated rings. The summed E-state index contributed by atoms with van der Waals surface area (Å²) >= 11 is 0. The van der Waals surface area contributed by atoms with E-state index in [-0.39, 0.29) is 17.6 Å². The maximum atomic E-state index is 13.1. The Morgan fingerprint density at radius 3 is 2.00 bits per heavy atom. The number of carbonyl (C=O) groups is 2. The number of rotatable bonds is 5. The molecule has 3 heterocycles. The van der Waals surface area contributed by atoms with E-state index in [0.717, 1.165) is 64.3 Å². The van der Waals surface area contributed by atoms with Crippen LogP contribution in [0.5, 0.6) is 0 Å².